The fourth-order valence-electron chi connectivity index (χ4n) is 1.55. The summed E-state index contributed by atoms with van der Waals surface area (Å²) in [4.78, 5) is 11.7. The van der Waals surface area contributed by atoms with Gasteiger partial charge in [-0.1, -0.05) is 6.08 Å². The Morgan fingerprint density at radius 1 is 1.58 bits per heavy atom. The molecule has 0 aliphatic carbocycles. The number of hydrogen-bond acceptors (Lipinski definition) is 3. The Hall–Kier alpha value is -1.88. The molecule has 0 heterocycles. The number of carbonyl (C=O) groups excluding carboxylic acids is 1. The van der Waals surface area contributed by atoms with Crippen LogP contribution in [0.2, 0.25) is 0 Å². The van der Waals surface area contributed by atoms with Crippen molar-refractivity contribution in [1.82, 2.24) is 10.6 Å². The molecule has 1 aromatic rings. The average Bonchev–Trinajstić information content (AvgIpc) is 2.39. The van der Waals surface area contributed by atoms with E-state index in [1.54, 1.807) is 20.0 Å². The van der Waals surface area contributed by atoms with Crippen LogP contribution in [0, 0.1) is 5.82 Å². The van der Waals surface area contributed by atoms with Crippen molar-refractivity contribution in [1.29, 1.82) is 0 Å². The minimum Gasteiger partial charge on any atom is -0.481 e. The van der Waals surface area contributed by atoms with Crippen LogP contribution in [0.1, 0.15) is 12.5 Å². The largest absolute Gasteiger partial charge is 0.481 e. The third-order valence-electron chi connectivity index (χ3n) is 2.48. The van der Waals surface area contributed by atoms with Gasteiger partial charge in [0.15, 0.2) is 6.10 Å². The first kappa shape index (κ1) is 15.2. The Morgan fingerprint density at radius 3 is 2.95 bits per heavy atom. The van der Waals surface area contributed by atoms with Gasteiger partial charge in [-0.25, -0.2) is 4.39 Å². The van der Waals surface area contributed by atoms with E-state index in [0.717, 1.165) is 0 Å². The summed E-state index contributed by atoms with van der Waals surface area (Å²) in [5, 5.41) is 5.57. The molecule has 0 saturated heterocycles. The number of nitrogens with one attached hydrogen (secondary N) is 2. The summed E-state index contributed by atoms with van der Waals surface area (Å²) in [5.41, 5.74) is 0.672. The van der Waals surface area contributed by atoms with E-state index in [4.69, 9.17) is 4.74 Å². The Kier molecular flexibility index (Phi) is 6.02. The molecule has 1 amide bonds. The molecule has 0 aromatic heterocycles. The smallest absolute Gasteiger partial charge is 0.261 e. The number of halogens is 1. The molecule has 2 N–H and O–H groups in total. The molecule has 1 aromatic carbocycles. The van der Waals surface area contributed by atoms with Crippen LogP contribution in [0.15, 0.2) is 30.9 Å². The summed E-state index contributed by atoms with van der Waals surface area (Å²) in [6, 6.07) is 4.22. The first-order chi connectivity index (χ1) is 9.08. The maximum Gasteiger partial charge on any atom is 0.261 e. The predicted molar refractivity (Wildman–Crippen MR) is 72.5 cm³/mol. The number of rotatable bonds is 7. The average molecular weight is 266 g/mol. The highest BCUT2D eigenvalue weighted by atomic mass is 19.1. The van der Waals surface area contributed by atoms with Crippen LogP contribution < -0.4 is 15.4 Å². The molecule has 4 nitrogen and oxygen atoms in total. The van der Waals surface area contributed by atoms with Gasteiger partial charge in [0, 0.05) is 18.7 Å². The molecular formula is C14H19FN2O2. The fraction of sp³-hybridized carbons (Fsp3) is 0.357. The third-order valence-corrected chi connectivity index (χ3v) is 2.48. The van der Waals surface area contributed by atoms with Crippen molar-refractivity contribution >= 4 is 5.91 Å². The Balaban J connectivity index is 2.74. The fourth-order valence-corrected chi connectivity index (χ4v) is 1.55. The van der Waals surface area contributed by atoms with Crippen molar-refractivity contribution in [2.45, 2.75) is 19.6 Å². The topological polar surface area (TPSA) is 50.4 Å². The van der Waals surface area contributed by atoms with Gasteiger partial charge in [0.2, 0.25) is 0 Å². The minimum atomic E-state index is -0.652. The summed E-state index contributed by atoms with van der Waals surface area (Å²) < 4.78 is 18.7. The molecule has 0 fully saturated rings. The summed E-state index contributed by atoms with van der Waals surface area (Å²) in [6.45, 7) is 6.02. The lowest BCUT2D eigenvalue weighted by Gasteiger charge is -2.17. The number of hydrogen-bond donors (Lipinski definition) is 2. The molecule has 5 heteroatoms. The van der Waals surface area contributed by atoms with E-state index in [1.807, 2.05) is 0 Å². The van der Waals surface area contributed by atoms with E-state index < -0.39 is 6.10 Å². The molecule has 1 atom stereocenters. The zero-order valence-corrected chi connectivity index (χ0v) is 11.2. The molecular weight excluding hydrogens is 247 g/mol. The molecule has 104 valence electrons. The van der Waals surface area contributed by atoms with Crippen molar-refractivity contribution in [2.75, 3.05) is 13.6 Å². The van der Waals surface area contributed by atoms with Crippen LogP contribution >= 0.6 is 0 Å². The lowest BCUT2D eigenvalue weighted by Crippen LogP contribution is -2.36. The van der Waals surface area contributed by atoms with Gasteiger partial charge in [0.1, 0.15) is 11.6 Å². The normalized spacial score (nSPS) is 11.7. The lowest BCUT2D eigenvalue weighted by atomic mass is 10.2. The zero-order valence-electron chi connectivity index (χ0n) is 11.2. The maximum absolute atomic E-state index is 13.2. The standard InChI is InChI=1S/C14H19FN2O2/c1-4-7-17-14(18)10(2)19-13-6-5-12(15)8-11(13)9-16-3/h4-6,8,10,16H,1,7,9H2,2-3H3,(H,17,18). The lowest BCUT2D eigenvalue weighted by molar-refractivity contribution is -0.127. The van der Waals surface area contributed by atoms with Gasteiger partial charge in [0.25, 0.3) is 5.91 Å². The monoisotopic (exact) mass is 266 g/mol. The molecule has 0 saturated carbocycles. The molecule has 1 unspecified atom stereocenters. The van der Waals surface area contributed by atoms with Gasteiger partial charge in [-0.15, -0.1) is 6.58 Å². The van der Waals surface area contributed by atoms with E-state index in [2.05, 4.69) is 17.2 Å². The Bertz CT molecular complexity index is 449. The van der Waals surface area contributed by atoms with Gasteiger partial charge in [-0.05, 0) is 32.2 Å². The van der Waals surface area contributed by atoms with Gasteiger partial charge < -0.3 is 15.4 Å². The number of amides is 1. The van der Waals surface area contributed by atoms with E-state index in [0.29, 0.717) is 24.4 Å². The highest BCUT2D eigenvalue weighted by Crippen LogP contribution is 2.20. The predicted octanol–water partition coefficient (Wildman–Crippen LogP) is 1.61. The third kappa shape index (κ3) is 4.71. The molecule has 1 rings (SSSR count). The van der Waals surface area contributed by atoms with Crippen LogP contribution in [0.5, 0.6) is 5.75 Å². The first-order valence-corrected chi connectivity index (χ1v) is 6.06. The Labute approximate surface area is 112 Å². The van der Waals surface area contributed by atoms with Crippen molar-refractivity contribution < 1.29 is 13.9 Å². The van der Waals surface area contributed by atoms with Gasteiger partial charge in [-0.2, -0.15) is 0 Å². The SMILES string of the molecule is C=CCNC(=O)C(C)Oc1ccc(F)cc1CNC. The van der Waals surface area contributed by atoms with E-state index >= 15 is 0 Å². The zero-order chi connectivity index (χ0) is 14.3. The van der Waals surface area contributed by atoms with Crippen LogP contribution in [-0.4, -0.2) is 25.6 Å². The molecule has 0 bridgehead atoms. The number of ether oxygens (including phenoxy) is 1. The van der Waals surface area contributed by atoms with Crippen molar-refractivity contribution in [3.8, 4) is 5.75 Å². The highest BCUT2D eigenvalue weighted by molar-refractivity contribution is 5.80. The van der Waals surface area contributed by atoms with Crippen LogP contribution in [-0.2, 0) is 11.3 Å². The van der Waals surface area contributed by atoms with Gasteiger partial charge in [0.05, 0.1) is 0 Å². The van der Waals surface area contributed by atoms with Crippen molar-refractivity contribution in [2.24, 2.45) is 0 Å². The number of benzene rings is 1. The highest BCUT2D eigenvalue weighted by Gasteiger charge is 2.15. The van der Waals surface area contributed by atoms with Crippen LogP contribution in [0.3, 0.4) is 0 Å². The second-order valence-electron chi connectivity index (χ2n) is 4.08. The maximum atomic E-state index is 13.2. The van der Waals surface area contributed by atoms with Crippen molar-refractivity contribution in [3.63, 3.8) is 0 Å². The van der Waals surface area contributed by atoms with Gasteiger partial charge in [-0.3, -0.25) is 4.79 Å². The summed E-state index contributed by atoms with van der Waals surface area (Å²) in [5.74, 6) is -0.0713. The summed E-state index contributed by atoms with van der Waals surface area (Å²) in [6.07, 6.45) is 0.940. The number of carbonyl (C=O) groups is 1. The molecule has 0 radical (unpaired) electrons. The Morgan fingerprint density at radius 2 is 2.32 bits per heavy atom. The van der Waals surface area contributed by atoms with Crippen molar-refractivity contribution in [3.05, 3.63) is 42.2 Å². The van der Waals surface area contributed by atoms with Crippen LogP contribution in [0.4, 0.5) is 4.39 Å². The van der Waals surface area contributed by atoms with Gasteiger partial charge >= 0.3 is 0 Å². The molecule has 0 spiro atoms. The molecule has 0 aliphatic rings. The first-order valence-electron chi connectivity index (χ1n) is 6.06. The van der Waals surface area contributed by atoms with E-state index in [-0.39, 0.29) is 11.7 Å². The summed E-state index contributed by atoms with van der Waals surface area (Å²) >= 11 is 0. The quantitative estimate of drug-likeness (QED) is 0.737. The van der Waals surface area contributed by atoms with Crippen LogP contribution in [0.25, 0.3) is 0 Å². The molecule has 0 aliphatic heterocycles. The summed E-state index contributed by atoms with van der Waals surface area (Å²) in [7, 11) is 1.76. The molecule has 19 heavy (non-hydrogen) atoms. The second-order valence-corrected chi connectivity index (χ2v) is 4.08. The van der Waals surface area contributed by atoms with E-state index in [9.17, 15) is 9.18 Å². The van der Waals surface area contributed by atoms with E-state index in [1.165, 1.54) is 18.2 Å². The minimum absolute atomic E-state index is 0.236. The second kappa shape index (κ2) is 7.53.